The van der Waals surface area contributed by atoms with E-state index in [1.807, 2.05) is 13.0 Å². The SMILES string of the molecule is CCC(COC)NCc1cc(C)on1. The van der Waals surface area contributed by atoms with Gasteiger partial charge in [-0.25, -0.2) is 0 Å². The maximum atomic E-state index is 5.08. The standard InChI is InChI=1S/C10H18N2O2/c1-4-9(7-13-3)11-6-10-5-8(2)14-12-10/h5,9,11H,4,6-7H2,1-3H3. The van der Waals surface area contributed by atoms with Gasteiger partial charge in [-0.15, -0.1) is 0 Å². The Kier molecular flexibility index (Phi) is 4.62. The summed E-state index contributed by atoms with van der Waals surface area (Å²) in [6.07, 6.45) is 1.05. The summed E-state index contributed by atoms with van der Waals surface area (Å²) >= 11 is 0. The first kappa shape index (κ1) is 11.2. The molecule has 0 aliphatic rings. The maximum Gasteiger partial charge on any atom is 0.133 e. The number of hydrogen-bond acceptors (Lipinski definition) is 4. The van der Waals surface area contributed by atoms with E-state index in [4.69, 9.17) is 9.26 Å². The molecule has 14 heavy (non-hydrogen) atoms. The van der Waals surface area contributed by atoms with Crippen molar-refractivity contribution in [3.05, 3.63) is 17.5 Å². The zero-order chi connectivity index (χ0) is 10.4. The Morgan fingerprint density at radius 1 is 1.64 bits per heavy atom. The summed E-state index contributed by atoms with van der Waals surface area (Å²) < 4.78 is 10.1. The van der Waals surface area contributed by atoms with Crippen molar-refractivity contribution < 1.29 is 9.26 Å². The largest absolute Gasteiger partial charge is 0.383 e. The van der Waals surface area contributed by atoms with E-state index in [0.717, 1.165) is 31.0 Å². The Morgan fingerprint density at radius 3 is 2.93 bits per heavy atom. The summed E-state index contributed by atoms with van der Waals surface area (Å²) in [5.41, 5.74) is 0.942. The van der Waals surface area contributed by atoms with E-state index in [1.165, 1.54) is 0 Å². The minimum absolute atomic E-state index is 0.386. The van der Waals surface area contributed by atoms with Crippen molar-refractivity contribution >= 4 is 0 Å². The molecular weight excluding hydrogens is 180 g/mol. The summed E-state index contributed by atoms with van der Waals surface area (Å²) in [6, 6.07) is 2.32. The molecule has 0 bridgehead atoms. The molecule has 1 atom stereocenters. The Balaban J connectivity index is 2.31. The molecule has 4 heteroatoms. The van der Waals surface area contributed by atoms with E-state index in [1.54, 1.807) is 7.11 Å². The summed E-state index contributed by atoms with van der Waals surface area (Å²) in [5.74, 6) is 0.849. The highest BCUT2D eigenvalue weighted by Gasteiger charge is 2.06. The molecule has 0 amide bonds. The molecule has 0 spiro atoms. The van der Waals surface area contributed by atoms with E-state index < -0.39 is 0 Å². The summed E-state index contributed by atoms with van der Waals surface area (Å²) in [4.78, 5) is 0. The number of nitrogens with one attached hydrogen (secondary N) is 1. The lowest BCUT2D eigenvalue weighted by Crippen LogP contribution is -2.32. The van der Waals surface area contributed by atoms with Crippen molar-refractivity contribution in [2.24, 2.45) is 0 Å². The third-order valence-corrected chi connectivity index (χ3v) is 2.11. The number of nitrogens with zero attached hydrogens (tertiary/aromatic N) is 1. The second-order valence-electron chi connectivity index (χ2n) is 3.37. The third-order valence-electron chi connectivity index (χ3n) is 2.11. The lowest BCUT2D eigenvalue weighted by molar-refractivity contribution is 0.163. The number of aromatic nitrogens is 1. The van der Waals surface area contributed by atoms with Gasteiger partial charge in [0.1, 0.15) is 5.76 Å². The lowest BCUT2D eigenvalue weighted by Gasteiger charge is -2.14. The third kappa shape index (κ3) is 3.47. The highest BCUT2D eigenvalue weighted by atomic mass is 16.5. The van der Waals surface area contributed by atoms with Gasteiger partial charge in [0, 0.05) is 25.8 Å². The van der Waals surface area contributed by atoms with Crippen LogP contribution >= 0.6 is 0 Å². The van der Waals surface area contributed by atoms with Crippen molar-refractivity contribution in [2.75, 3.05) is 13.7 Å². The monoisotopic (exact) mass is 198 g/mol. The zero-order valence-electron chi connectivity index (χ0n) is 9.04. The van der Waals surface area contributed by atoms with E-state index in [-0.39, 0.29) is 0 Å². The molecule has 0 radical (unpaired) electrons. The van der Waals surface area contributed by atoms with Gasteiger partial charge in [0.2, 0.25) is 0 Å². The minimum atomic E-state index is 0.386. The predicted octanol–water partition coefficient (Wildman–Crippen LogP) is 1.50. The van der Waals surface area contributed by atoms with Crippen LogP contribution in [0, 0.1) is 6.92 Å². The van der Waals surface area contributed by atoms with Crippen LogP contribution in [0.25, 0.3) is 0 Å². The van der Waals surface area contributed by atoms with E-state index in [2.05, 4.69) is 17.4 Å². The molecule has 1 aromatic heterocycles. The molecule has 1 heterocycles. The molecule has 4 nitrogen and oxygen atoms in total. The number of ether oxygens (including phenoxy) is 1. The van der Waals surface area contributed by atoms with Gasteiger partial charge >= 0.3 is 0 Å². The number of rotatable bonds is 6. The van der Waals surface area contributed by atoms with Crippen LogP contribution in [0.2, 0.25) is 0 Å². The van der Waals surface area contributed by atoms with Gasteiger partial charge in [0.15, 0.2) is 0 Å². The maximum absolute atomic E-state index is 5.08. The van der Waals surface area contributed by atoms with E-state index in [0.29, 0.717) is 6.04 Å². The van der Waals surface area contributed by atoms with Crippen LogP contribution in [0.15, 0.2) is 10.6 Å². The normalized spacial score (nSPS) is 13.1. The molecule has 0 aromatic carbocycles. The minimum Gasteiger partial charge on any atom is -0.383 e. The number of hydrogen-bond donors (Lipinski definition) is 1. The molecule has 1 unspecified atom stereocenters. The van der Waals surface area contributed by atoms with Crippen LogP contribution in [0.1, 0.15) is 24.8 Å². The first-order chi connectivity index (χ1) is 6.76. The molecule has 0 aliphatic carbocycles. The van der Waals surface area contributed by atoms with Crippen molar-refractivity contribution in [3.8, 4) is 0 Å². The van der Waals surface area contributed by atoms with Crippen LogP contribution in [0.3, 0.4) is 0 Å². The molecule has 1 rings (SSSR count). The molecule has 0 fully saturated rings. The molecule has 80 valence electrons. The average molecular weight is 198 g/mol. The summed E-state index contributed by atoms with van der Waals surface area (Å²) in [7, 11) is 1.71. The quantitative estimate of drug-likeness (QED) is 0.752. The first-order valence-electron chi connectivity index (χ1n) is 4.90. The number of methoxy groups -OCH3 is 1. The Morgan fingerprint density at radius 2 is 2.43 bits per heavy atom. The van der Waals surface area contributed by atoms with Gasteiger partial charge in [-0.05, 0) is 13.3 Å². The Bertz CT molecular complexity index is 260. The average Bonchev–Trinajstić information content (AvgIpc) is 2.59. The molecule has 1 aromatic rings. The van der Waals surface area contributed by atoms with Gasteiger partial charge in [0.25, 0.3) is 0 Å². The van der Waals surface area contributed by atoms with Crippen molar-refractivity contribution in [2.45, 2.75) is 32.9 Å². The predicted molar refractivity (Wildman–Crippen MR) is 54.0 cm³/mol. The lowest BCUT2D eigenvalue weighted by atomic mass is 10.2. The van der Waals surface area contributed by atoms with Gasteiger partial charge < -0.3 is 14.6 Å². The summed E-state index contributed by atoms with van der Waals surface area (Å²) in [5, 5.41) is 7.26. The van der Waals surface area contributed by atoms with Crippen molar-refractivity contribution in [1.82, 2.24) is 10.5 Å². The Hall–Kier alpha value is -0.870. The fourth-order valence-corrected chi connectivity index (χ4v) is 1.27. The fourth-order valence-electron chi connectivity index (χ4n) is 1.27. The van der Waals surface area contributed by atoms with Gasteiger partial charge in [-0.2, -0.15) is 0 Å². The molecular formula is C10H18N2O2. The smallest absolute Gasteiger partial charge is 0.133 e. The van der Waals surface area contributed by atoms with Crippen LogP contribution in [0.5, 0.6) is 0 Å². The van der Waals surface area contributed by atoms with Crippen molar-refractivity contribution in [3.63, 3.8) is 0 Å². The summed E-state index contributed by atoms with van der Waals surface area (Å²) in [6.45, 7) is 5.49. The van der Waals surface area contributed by atoms with E-state index >= 15 is 0 Å². The number of aryl methyl sites for hydroxylation is 1. The second kappa shape index (κ2) is 5.78. The van der Waals surface area contributed by atoms with E-state index in [9.17, 15) is 0 Å². The molecule has 0 saturated heterocycles. The van der Waals surface area contributed by atoms with Gasteiger partial charge in [0.05, 0.1) is 12.3 Å². The highest BCUT2D eigenvalue weighted by molar-refractivity contribution is 5.03. The second-order valence-corrected chi connectivity index (χ2v) is 3.37. The molecule has 0 saturated carbocycles. The Labute approximate surface area is 84.6 Å². The first-order valence-corrected chi connectivity index (χ1v) is 4.90. The van der Waals surface area contributed by atoms with Gasteiger partial charge in [-0.1, -0.05) is 12.1 Å². The van der Waals surface area contributed by atoms with Crippen LogP contribution in [-0.4, -0.2) is 24.9 Å². The van der Waals surface area contributed by atoms with Crippen molar-refractivity contribution in [1.29, 1.82) is 0 Å². The van der Waals surface area contributed by atoms with Crippen LogP contribution < -0.4 is 5.32 Å². The van der Waals surface area contributed by atoms with Crippen LogP contribution in [0.4, 0.5) is 0 Å². The molecule has 1 N–H and O–H groups in total. The fraction of sp³-hybridized carbons (Fsp3) is 0.700. The highest BCUT2D eigenvalue weighted by Crippen LogP contribution is 2.02. The zero-order valence-corrected chi connectivity index (χ0v) is 9.04. The van der Waals surface area contributed by atoms with Crippen LogP contribution in [-0.2, 0) is 11.3 Å². The topological polar surface area (TPSA) is 47.3 Å². The molecule has 0 aliphatic heterocycles. The van der Waals surface area contributed by atoms with Gasteiger partial charge in [-0.3, -0.25) is 0 Å².